The molecule has 3 rings (SSSR count). The van der Waals surface area contributed by atoms with Crippen molar-refractivity contribution in [1.29, 1.82) is 0 Å². The molecule has 1 heterocycles. The van der Waals surface area contributed by atoms with E-state index >= 15 is 0 Å². The van der Waals surface area contributed by atoms with Gasteiger partial charge in [0.25, 0.3) is 5.89 Å². The third kappa shape index (κ3) is 3.35. The van der Waals surface area contributed by atoms with Crippen molar-refractivity contribution in [2.75, 3.05) is 0 Å². The summed E-state index contributed by atoms with van der Waals surface area (Å²) < 4.78 is 24.6. The number of rotatable bonds is 4. The summed E-state index contributed by atoms with van der Waals surface area (Å²) in [7, 11) is 0. The van der Waals surface area contributed by atoms with Gasteiger partial charge in [-0.15, -0.1) is 0 Å². The maximum atomic E-state index is 13.6. The van der Waals surface area contributed by atoms with Crippen LogP contribution < -0.4 is 4.74 Å². The molecule has 4 nitrogen and oxygen atoms in total. The van der Waals surface area contributed by atoms with E-state index < -0.39 is 6.10 Å². The number of hydrogen-bond donors (Lipinski definition) is 0. The first-order chi connectivity index (χ1) is 11.0. The van der Waals surface area contributed by atoms with E-state index in [0.717, 1.165) is 0 Å². The molecule has 23 heavy (non-hydrogen) atoms. The Morgan fingerprint density at radius 2 is 2.00 bits per heavy atom. The second-order valence-electron chi connectivity index (χ2n) is 5.11. The van der Waals surface area contributed by atoms with Crippen LogP contribution in [0.1, 0.15) is 24.5 Å². The van der Waals surface area contributed by atoms with Gasteiger partial charge >= 0.3 is 0 Å². The molecule has 1 unspecified atom stereocenters. The molecule has 0 saturated heterocycles. The Bertz CT molecular complexity index is 835. The fourth-order valence-electron chi connectivity index (χ4n) is 2.03. The Kier molecular flexibility index (Phi) is 4.30. The van der Waals surface area contributed by atoms with Gasteiger partial charge in [-0.25, -0.2) is 4.39 Å². The molecular weight excluding hydrogens is 319 g/mol. The van der Waals surface area contributed by atoms with E-state index in [2.05, 4.69) is 10.1 Å². The van der Waals surface area contributed by atoms with E-state index in [1.807, 2.05) is 12.1 Å². The number of benzene rings is 2. The largest absolute Gasteiger partial charge is 0.479 e. The summed E-state index contributed by atoms with van der Waals surface area (Å²) >= 11 is 6.06. The molecule has 0 saturated carbocycles. The molecule has 6 heteroatoms. The SMILES string of the molecule is Cc1ccc(-c2noc(C(C)Oc3ccccc3Cl)n2)cc1F. The van der Waals surface area contributed by atoms with E-state index in [1.165, 1.54) is 6.07 Å². The maximum absolute atomic E-state index is 13.6. The Balaban J connectivity index is 1.81. The van der Waals surface area contributed by atoms with Crippen LogP contribution in [0.25, 0.3) is 11.4 Å². The molecule has 0 bridgehead atoms. The Morgan fingerprint density at radius 1 is 1.22 bits per heavy atom. The monoisotopic (exact) mass is 332 g/mol. The van der Waals surface area contributed by atoms with Crippen LogP contribution in [-0.2, 0) is 0 Å². The van der Waals surface area contributed by atoms with Crippen LogP contribution in [0.3, 0.4) is 0 Å². The van der Waals surface area contributed by atoms with Crippen LogP contribution in [0, 0.1) is 12.7 Å². The van der Waals surface area contributed by atoms with Crippen molar-refractivity contribution < 1.29 is 13.7 Å². The van der Waals surface area contributed by atoms with Crippen LogP contribution in [0.2, 0.25) is 5.02 Å². The quantitative estimate of drug-likeness (QED) is 0.676. The van der Waals surface area contributed by atoms with Crippen LogP contribution >= 0.6 is 11.6 Å². The van der Waals surface area contributed by atoms with Gasteiger partial charge in [-0.05, 0) is 37.6 Å². The molecular formula is C17H14ClFN2O2. The maximum Gasteiger partial charge on any atom is 0.267 e. The second kappa shape index (κ2) is 6.38. The van der Waals surface area contributed by atoms with Crippen LogP contribution in [0.4, 0.5) is 4.39 Å². The molecule has 0 aliphatic rings. The molecule has 0 amide bonds. The molecule has 0 radical (unpaired) electrons. The van der Waals surface area contributed by atoms with Gasteiger partial charge in [-0.1, -0.05) is 41.0 Å². The standard InChI is InChI=1S/C17H14ClFN2O2/c1-10-7-8-12(9-14(10)19)16-20-17(23-21-16)11(2)22-15-6-4-3-5-13(15)18/h3-9,11H,1-2H3. The summed E-state index contributed by atoms with van der Waals surface area (Å²) in [5.74, 6) is 0.825. The lowest BCUT2D eigenvalue weighted by molar-refractivity contribution is 0.176. The Labute approximate surface area is 137 Å². The average Bonchev–Trinajstić information content (AvgIpc) is 3.02. The molecule has 0 spiro atoms. The highest BCUT2D eigenvalue weighted by atomic mass is 35.5. The zero-order valence-electron chi connectivity index (χ0n) is 12.6. The topological polar surface area (TPSA) is 48.2 Å². The van der Waals surface area contributed by atoms with Gasteiger partial charge < -0.3 is 9.26 Å². The molecule has 1 aromatic heterocycles. The normalized spacial score (nSPS) is 12.2. The van der Waals surface area contributed by atoms with Gasteiger partial charge in [0, 0.05) is 5.56 Å². The predicted molar refractivity (Wildman–Crippen MR) is 84.9 cm³/mol. The third-order valence-electron chi connectivity index (χ3n) is 3.36. The number of halogens is 2. The number of aromatic nitrogens is 2. The highest BCUT2D eigenvalue weighted by molar-refractivity contribution is 6.32. The lowest BCUT2D eigenvalue weighted by Gasteiger charge is -2.11. The van der Waals surface area contributed by atoms with E-state index in [9.17, 15) is 4.39 Å². The van der Waals surface area contributed by atoms with E-state index in [-0.39, 0.29) is 5.82 Å². The molecule has 0 aliphatic heterocycles. The highest BCUT2D eigenvalue weighted by Crippen LogP contribution is 2.29. The van der Waals surface area contributed by atoms with Crippen LogP contribution in [0.15, 0.2) is 47.0 Å². The summed E-state index contributed by atoms with van der Waals surface area (Å²) in [4.78, 5) is 4.26. The van der Waals surface area contributed by atoms with Gasteiger partial charge in [0.1, 0.15) is 11.6 Å². The fraction of sp³-hybridized carbons (Fsp3) is 0.176. The van der Waals surface area contributed by atoms with Crippen molar-refractivity contribution in [2.45, 2.75) is 20.0 Å². The first-order valence-corrected chi connectivity index (χ1v) is 7.43. The first-order valence-electron chi connectivity index (χ1n) is 7.06. The summed E-state index contributed by atoms with van der Waals surface area (Å²) in [5.41, 5.74) is 1.11. The molecule has 0 fully saturated rings. The van der Waals surface area contributed by atoms with Crippen molar-refractivity contribution in [3.8, 4) is 17.1 Å². The zero-order chi connectivity index (χ0) is 16.4. The van der Waals surface area contributed by atoms with E-state index in [4.69, 9.17) is 20.9 Å². The predicted octanol–water partition coefficient (Wildman–Crippen LogP) is 4.98. The minimum absolute atomic E-state index is 0.293. The Hall–Kier alpha value is -2.40. The van der Waals surface area contributed by atoms with Gasteiger partial charge in [0.2, 0.25) is 5.82 Å². The highest BCUT2D eigenvalue weighted by Gasteiger charge is 2.18. The van der Waals surface area contributed by atoms with E-state index in [0.29, 0.717) is 33.6 Å². The molecule has 3 aromatic rings. The van der Waals surface area contributed by atoms with Crippen molar-refractivity contribution in [2.24, 2.45) is 0 Å². The van der Waals surface area contributed by atoms with Gasteiger partial charge in [0.15, 0.2) is 6.10 Å². The number of hydrogen-bond acceptors (Lipinski definition) is 4. The van der Waals surface area contributed by atoms with Crippen molar-refractivity contribution in [1.82, 2.24) is 10.1 Å². The molecule has 118 valence electrons. The minimum Gasteiger partial charge on any atom is -0.479 e. The Morgan fingerprint density at radius 3 is 2.74 bits per heavy atom. The summed E-state index contributed by atoms with van der Waals surface area (Å²) in [6.45, 7) is 3.47. The van der Waals surface area contributed by atoms with E-state index in [1.54, 1.807) is 38.1 Å². The lowest BCUT2D eigenvalue weighted by atomic mass is 10.1. The van der Waals surface area contributed by atoms with Gasteiger partial charge in [-0.2, -0.15) is 4.98 Å². The molecule has 0 N–H and O–H groups in total. The van der Waals surface area contributed by atoms with Gasteiger partial charge in [-0.3, -0.25) is 0 Å². The number of nitrogens with zero attached hydrogens (tertiary/aromatic N) is 2. The fourth-order valence-corrected chi connectivity index (χ4v) is 2.21. The molecule has 2 aromatic carbocycles. The minimum atomic E-state index is -0.480. The number of para-hydroxylation sites is 1. The number of aryl methyl sites for hydroxylation is 1. The average molecular weight is 333 g/mol. The molecule has 0 aliphatic carbocycles. The van der Waals surface area contributed by atoms with Crippen molar-refractivity contribution in [3.63, 3.8) is 0 Å². The summed E-state index contributed by atoms with van der Waals surface area (Å²) in [5, 5.41) is 4.38. The van der Waals surface area contributed by atoms with Gasteiger partial charge in [0.05, 0.1) is 5.02 Å². The first kappa shape index (κ1) is 15.5. The molecule has 1 atom stereocenters. The zero-order valence-corrected chi connectivity index (χ0v) is 13.3. The summed E-state index contributed by atoms with van der Waals surface area (Å²) in [6.07, 6.45) is -0.480. The van der Waals surface area contributed by atoms with Crippen molar-refractivity contribution >= 4 is 11.6 Å². The van der Waals surface area contributed by atoms with Crippen LogP contribution in [-0.4, -0.2) is 10.1 Å². The van der Waals surface area contributed by atoms with Crippen molar-refractivity contribution in [3.05, 3.63) is 64.8 Å². The van der Waals surface area contributed by atoms with Crippen LogP contribution in [0.5, 0.6) is 5.75 Å². The smallest absolute Gasteiger partial charge is 0.267 e. The third-order valence-corrected chi connectivity index (χ3v) is 3.67. The lowest BCUT2D eigenvalue weighted by Crippen LogP contribution is -2.03. The number of ether oxygens (including phenoxy) is 1. The second-order valence-corrected chi connectivity index (χ2v) is 5.52. The summed E-state index contributed by atoms with van der Waals surface area (Å²) in [6, 6.07) is 11.9.